The van der Waals surface area contributed by atoms with E-state index >= 15 is 0 Å². The Bertz CT molecular complexity index is 791. The Morgan fingerprint density at radius 1 is 1.25 bits per heavy atom. The molecule has 3 aromatic rings. The average Bonchev–Trinajstić information content (AvgIpc) is 3.25. The highest BCUT2D eigenvalue weighted by Gasteiger charge is 2.19. The van der Waals surface area contributed by atoms with Gasteiger partial charge in [0.1, 0.15) is 11.5 Å². The Morgan fingerprint density at radius 2 is 2.04 bits per heavy atom. The number of amides is 1. The Morgan fingerprint density at radius 3 is 2.71 bits per heavy atom. The van der Waals surface area contributed by atoms with Gasteiger partial charge < -0.3 is 13.9 Å². The highest BCUT2D eigenvalue weighted by Crippen LogP contribution is 2.23. The summed E-state index contributed by atoms with van der Waals surface area (Å²) >= 11 is 0. The molecule has 3 rings (SSSR count). The second kappa shape index (κ2) is 7.17. The normalized spacial score (nSPS) is 10.8. The van der Waals surface area contributed by atoms with Crippen molar-refractivity contribution >= 4 is 5.91 Å². The molecule has 5 nitrogen and oxygen atoms in total. The van der Waals surface area contributed by atoms with E-state index in [1.165, 1.54) is 0 Å². The first-order chi connectivity index (χ1) is 11.7. The molecule has 0 spiro atoms. The maximum Gasteiger partial charge on any atom is 0.270 e. The first-order valence-electron chi connectivity index (χ1n) is 8.07. The number of rotatable bonds is 6. The Labute approximate surface area is 141 Å². The van der Waals surface area contributed by atoms with Crippen LogP contribution >= 0.6 is 0 Å². The standard InChI is InChI=1S/C19H21N3O2/c1-3-10-22-13-16(15-6-8-20-9-7-15)12-18(22)19(23)21(2)14-17-5-4-11-24-17/h4-9,11-13H,3,10,14H2,1-2H3. The first-order valence-corrected chi connectivity index (χ1v) is 8.07. The van der Waals surface area contributed by atoms with Crippen molar-refractivity contribution in [2.45, 2.75) is 26.4 Å². The van der Waals surface area contributed by atoms with Crippen LogP contribution in [-0.2, 0) is 13.1 Å². The summed E-state index contributed by atoms with van der Waals surface area (Å²) < 4.78 is 7.36. The molecule has 3 aromatic heterocycles. The highest BCUT2D eigenvalue weighted by molar-refractivity contribution is 5.94. The van der Waals surface area contributed by atoms with Gasteiger partial charge in [0.2, 0.25) is 0 Å². The van der Waals surface area contributed by atoms with E-state index in [4.69, 9.17) is 4.42 Å². The van der Waals surface area contributed by atoms with Crippen LogP contribution in [0.15, 0.2) is 59.6 Å². The van der Waals surface area contributed by atoms with Gasteiger partial charge in [-0.1, -0.05) is 6.92 Å². The first kappa shape index (κ1) is 16.1. The Kier molecular flexibility index (Phi) is 4.79. The van der Waals surface area contributed by atoms with E-state index in [9.17, 15) is 4.79 Å². The zero-order valence-corrected chi connectivity index (χ0v) is 14.0. The van der Waals surface area contributed by atoms with E-state index < -0.39 is 0 Å². The fraction of sp³-hybridized carbons (Fsp3) is 0.263. The third-order valence-corrected chi connectivity index (χ3v) is 3.91. The number of hydrogen-bond acceptors (Lipinski definition) is 3. The molecule has 24 heavy (non-hydrogen) atoms. The molecule has 0 aliphatic rings. The van der Waals surface area contributed by atoms with Crippen LogP contribution in [-0.4, -0.2) is 27.4 Å². The van der Waals surface area contributed by atoms with Gasteiger partial charge in [0.15, 0.2) is 0 Å². The second-order valence-electron chi connectivity index (χ2n) is 5.78. The van der Waals surface area contributed by atoms with Crippen molar-refractivity contribution in [2.75, 3.05) is 7.05 Å². The molecule has 0 saturated heterocycles. The summed E-state index contributed by atoms with van der Waals surface area (Å²) in [6.45, 7) is 3.36. The fourth-order valence-corrected chi connectivity index (χ4v) is 2.72. The van der Waals surface area contributed by atoms with Gasteiger partial charge in [-0.05, 0) is 42.3 Å². The molecule has 1 amide bonds. The predicted octanol–water partition coefficient (Wildman–Crippen LogP) is 3.83. The minimum absolute atomic E-state index is 0.0137. The summed E-state index contributed by atoms with van der Waals surface area (Å²) in [4.78, 5) is 18.6. The maximum atomic E-state index is 12.9. The van der Waals surface area contributed by atoms with Gasteiger partial charge in [0, 0.05) is 37.7 Å². The number of furan rings is 1. The molecular formula is C19H21N3O2. The largest absolute Gasteiger partial charge is 0.467 e. The van der Waals surface area contributed by atoms with Crippen LogP contribution < -0.4 is 0 Å². The van der Waals surface area contributed by atoms with Crippen molar-refractivity contribution in [1.82, 2.24) is 14.5 Å². The van der Waals surface area contributed by atoms with E-state index in [0.717, 1.165) is 29.9 Å². The maximum absolute atomic E-state index is 12.9. The quantitative estimate of drug-likeness (QED) is 0.693. The number of carbonyl (C=O) groups excluding carboxylic acids is 1. The Balaban J connectivity index is 1.88. The van der Waals surface area contributed by atoms with Crippen LogP contribution in [0.3, 0.4) is 0 Å². The van der Waals surface area contributed by atoms with Crippen LogP contribution in [0.25, 0.3) is 11.1 Å². The zero-order valence-electron chi connectivity index (χ0n) is 14.0. The molecule has 0 atom stereocenters. The number of aromatic nitrogens is 2. The number of nitrogens with zero attached hydrogens (tertiary/aromatic N) is 3. The molecule has 124 valence electrons. The molecule has 0 radical (unpaired) electrons. The van der Waals surface area contributed by atoms with E-state index in [1.807, 2.05) is 41.1 Å². The van der Waals surface area contributed by atoms with Crippen LogP contribution in [0.2, 0.25) is 0 Å². The van der Waals surface area contributed by atoms with Crippen LogP contribution in [0.4, 0.5) is 0 Å². The summed E-state index contributed by atoms with van der Waals surface area (Å²) in [5.41, 5.74) is 2.78. The lowest BCUT2D eigenvalue weighted by Crippen LogP contribution is -2.28. The van der Waals surface area contributed by atoms with Crippen molar-refractivity contribution in [3.8, 4) is 11.1 Å². The zero-order chi connectivity index (χ0) is 16.9. The average molecular weight is 323 g/mol. The topological polar surface area (TPSA) is 51.3 Å². The summed E-state index contributed by atoms with van der Waals surface area (Å²) in [5.74, 6) is 0.758. The third kappa shape index (κ3) is 3.40. The monoisotopic (exact) mass is 323 g/mol. The minimum atomic E-state index is -0.0137. The highest BCUT2D eigenvalue weighted by atomic mass is 16.3. The van der Waals surface area contributed by atoms with E-state index in [0.29, 0.717) is 12.2 Å². The molecule has 0 bridgehead atoms. The van der Waals surface area contributed by atoms with Crippen molar-refractivity contribution in [1.29, 1.82) is 0 Å². The van der Waals surface area contributed by atoms with Crippen LogP contribution in [0.1, 0.15) is 29.6 Å². The molecule has 3 heterocycles. The lowest BCUT2D eigenvalue weighted by Gasteiger charge is -2.17. The second-order valence-corrected chi connectivity index (χ2v) is 5.78. The summed E-state index contributed by atoms with van der Waals surface area (Å²) in [6.07, 6.45) is 8.14. The SMILES string of the molecule is CCCn1cc(-c2ccncc2)cc1C(=O)N(C)Cc1ccco1. The molecular weight excluding hydrogens is 302 g/mol. The molecule has 5 heteroatoms. The molecule has 0 aromatic carbocycles. The molecule has 0 unspecified atom stereocenters. The summed E-state index contributed by atoms with van der Waals surface area (Å²) in [5, 5.41) is 0. The van der Waals surface area contributed by atoms with Crippen molar-refractivity contribution in [2.24, 2.45) is 0 Å². The third-order valence-electron chi connectivity index (χ3n) is 3.91. The van der Waals surface area contributed by atoms with Crippen molar-refractivity contribution in [3.63, 3.8) is 0 Å². The van der Waals surface area contributed by atoms with Gasteiger partial charge in [-0.2, -0.15) is 0 Å². The number of pyridine rings is 1. The number of hydrogen-bond donors (Lipinski definition) is 0. The number of aryl methyl sites for hydroxylation is 1. The fourth-order valence-electron chi connectivity index (χ4n) is 2.72. The van der Waals surface area contributed by atoms with Crippen molar-refractivity contribution in [3.05, 3.63) is 66.6 Å². The summed E-state index contributed by atoms with van der Waals surface area (Å²) in [7, 11) is 1.79. The van der Waals surface area contributed by atoms with E-state index in [-0.39, 0.29) is 5.91 Å². The summed E-state index contributed by atoms with van der Waals surface area (Å²) in [6, 6.07) is 9.55. The lowest BCUT2D eigenvalue weighted by atomic mass is 10.1. The van der Waals surface area contributed by atoms with Gasteiger partial charge >= 0.3 is 0 Å². The lowest BCUT2D eigenvalue weighted by molar-refractivity contribution is 0.0764. The van der Waals surface area contributed by atoms with Gasteiger partial charge in [0.25, 0.3) is 5.91 Å². The molecule has 0 aliphatic carbocycles. The van der Waals surface area contributed by atoms with Gasteiger partial charge in [-0.25, -0.2) is 0 Å². The number of carbonyl (C=O) groups is 1. The van der Waals surface area contributed by atoms with Crippen molar-refractivity contribution < 1.29 is 9.21 Å². The van der Waals surface area contributed by atoms with E-state index in [1.54, 1.807) is 30.6 Å². The minimum Gasteiger partial charge on any atom is -0.467 e. The van der Waals surface area contributed by atoms with E-state index in [2.05, 4.69) is 11.9 Å². The van der Waals surface area contributed by atoms with Gasteiger partial charge in [0.05, 0.1) is 12.8 Å². The molecule has 0 fully saturated rings. The molecule has 0 N–H and O–H groups in total. The Hall–Kier alpha value is -2.82. The van der Waals surface area contributed by atoms with Crippen LogP contribution in [0, 0.1) is 0 Å². The molecule has 0 aliphatic heterocycles. The predicted molar refractivity (Wildman–Crippen MR) is 92.5 cm³/mol. The van der Waals surface area contributed by atoms with Gasteiger partial charge in [-0.3, -0.25) is 9.78 Å². The van der Waals surface area contributed by atoms with Crippen LogP contribution in [0.5, 0.6) is 0 Å². The van der Waals surface area contributed by atoms with Gasteiger partial charge in [-0.15, -0.1) is 0 Å². The molecule has 0 saturated carbocycles. The smallest absolute Gasteiger partial charge is 0.270 e.